The molecule has 156 valence electrons. The van der Waals surface area contributed by atoms with Crippen molar-refractivity contribution in [1.29, 1.82) is 0 Å². The Labute approximate surface area is 179 Å². The van der Waals surface area contributed by atoms with E-state index >= 15 is 0 Å². The van der Waals surface area contributed by atoms with Crippen LogP contribution in [0.25, 0.3) is 10.2 Å². The monoisotopic (exact) mass is 457 g/mol. The summed E-state index contributed by atoms with van der Waals surface area (Å²) in [7, 11) is 0.436. The summed E-state index contributed by atoms with van der Waals surface area (Å²) in [4.78, 5) is 21.0. The number of thiazole rings is 1. The minimum absolute atomic E-state index is 0. The molecule has 2 aromatic carbocycles. The second-order valence-corrected chi connectivity index (χ2v) is 9.66. The largest absolute Gasteiger partial charge is 0.308 e. The summed E-state index contributed by atoms with van der Waals surface area (Å²) in [6, 6.07) is 10.5. The van der Waals surface area contributed by atoms with E-state index in [-0.39, 0.29) is 28.7 Å². The van der Waals surface area contributed by atoms with Crippen molar-refractivity contribution in [2.75, 3.05) is 38.3 Å². The van der Waals surface area contributed by atoms with Crippen LogP contribution in [0.15, 0.2) is 47.4 Å². The first-order chi connectivity index (χ1) is 13.2. The van der Waals surface area contributed by atoms with Crippen LogP contribution in [-0.2, 0) is 9.84 Å². The fourth-order valence-electron chi connectivity index (χ4n) is 2.60. The van der Waals surface area contributed by atoms with Crippen LogP contribution >= 0.6 is 23.7 Å². The molecule has 0 bridgehead atoms. The van der Waals surface area contributed by atoms with E-state index < -0.39 is 15.7 Å². The number of sulfone groups is 1. The van der Waals surface area contributed by atoms with E-state index in [1.54, 1.807) is 12.1 Å². The number of fused-ring (bicyclic) bond motifs is 1. The smallest absolute Gasteiger partial charge is 0.260 e. The minimum atomic E-state index is -3.34. The first-order valence-electron chi connectivity index (χ1n) is 8.48. The molecular weight excluding hydrogens is 437 g/mol. The summed E-state index contributed by atoms with van der Waals surface area (Å²) in [5.41, 5.74) is 0.573. The highest BCUT2D eigenvalue weighted by molar-refractivity contribution is 7.90. The van der Waals surface area contributed by atoms with Gasteiger partial charge in [-0.05, 0) is 50.5 Å². The predicted octanol–water partition coefficient (Wildman–Crippen LogP) is 3.47. The SMILES string of the molecule is CN(C)CCN(C(=O)c1ccc(S(C)(=O)=O)cc1)c1nc2c(F)cccc2s1.Cl. The number of para-hydroxylation sites is 1. The third-order valence-electron chi connectivity index (χ3n) is 4.13. The quantitative estimate of drug-likeness (QED) is 0.566. The number of rotatable bonds is 6. The molecule has 0 aliphatic heterocycles. The Morgan fingerprint density at radius 1 is 1.10 bits per heavy atom. The zero-order valence-corrected chi connectivity index (χ0v) is 18.6. The number of likely N-dealkylation sites (N-methyl/N-ethyl adjacent to an activating group) is 1. The molecule has 0 saturated carbocycles. The molecule has 29 heavy (non-hydrogen) atoms. The molecule has 0 atom stereocenters. The van der Waals surface area contributed by atoms with Crippen molar-refractivity contribution >= 4 is 54.8 Å². The Morgan fingerprint density at radius 2 is 1.76 bits per heavy atom. The highest BCUT2D eigenvalue weighted by Gasteiger charge is 2.22. The van der Waals surface area contributed by atoms with E-state index in [0.29, 0.717) is 28.5 Å². The Kier molecular flexibility index (Phi) is 7.34. The van der Waals surface area contributed by atoms with Crippen LogP contribution in [0.5, 0.6) is 0 Å². The van der Waals surface area contributed by atoms with Crippen LogP contribution in [0.3, 0.4) is 0 Å². The van der Waals surface area contributed by atoms with Gasteiger partial charge in [0, 0.05) is 24.9 Å². The molecule has 3 rings (SSSR count). The van der Waals surface area contributed by atoms with Crippen molar-refractivity contribution in [2.24, 2.45) is 0 Å². The summed E-state index contributed by atoms with van der Waals surface area (Å²) in [5, 5.41) is 0.402. The van der Waals surface area contributed by atoms with Crippen molar-refractivity contribution < 1.29 is 17.6 Å². The van der Waals surface area contributed by atoms with Crippen LogP contribution in [0.4, 0.5) is 9.52 Å². The van der Waals surface area contributed by atoms with Gasteiger partial charge in [0.2, 0.25) is 0 Å². The maximum Gasteiger partial charge on any atom is 0.260 e. The van der Waals surface area contributed by atoms with Gasteiger partial charge in [-0.3, -0.25) is 9.69 Å². The number of benzene rings is 2. The van der Waals surface area contributed by atoms with Gasteiger partial charge in [0.15, 0.2) is 15.0 Å². The average molecular weight is 458 g/mol. The molecule has 1 heterocycles. The summed E-state index contributed by atoms with van der Waals surface area (Å²) in [6.45, 7) is 0.951. The molecule has 0 aliphatic carbocycles. The van der Waals surface area contributed by atoms with E-state index in [4.69, 9.17) is 0 Å². The zero-order valence-electron chi connectivity index (χ0n) is 16.1. The van der Waals surface area contributed by atoms with Gasteiger partial charge in [0.05, 0.1) is 9.60 Å². The van der Waals surface area contributed by atoms with Gasteiger partial charge in [0.25, 0.3) is 5.91 Å². The van der Waals surface area contributed by atoms with Gasteiger partial charge < -0.3 is 4.90 Å². The molecule has 0 fully saturated rings. The van der Waals surface area contributed by atoms with E-state index in [1.165, 1.54) is 46.6 Å². The zero-order chi connectivity index (χ0) is 20.5. The van der Waals surface area contributed by atoms with Crippen LogP contribution in [-0.4, -0.2) is 57.6 Å². The number of amides is 1. The number of aromatic nitrogens is 1. The second-order valence-electron chi connectivity index (χ2n) is 6.64. The lowest BCUT2D eigenvalue weighted by molar-refractivity contribution is 0.0985. The predicted molar refractivity (Wildman–Crippen MR) is 117 cm³/mol. The Bertz CT molecular complexity index is 1120. The number of nitrogens with zero attached hydrogens (tertiary/aromatic N) is 3. The molecule has 0 N–H and O–H groups in total. The van der Waals surface area contributed by atoms with Crippen molar-refractivity contribution in [3.05, 3.63) is 53.8 Å². The Hall–Kier alpha value is -2.07. The maximum atomic E-state index is 14.0. The third kappa shape index (κ3) is 5.30. The number of halogens is 2. The van der Waals surface area contributed by atoms with E-state index in [2.05, 4.69) is 4.98 Å². The van der Waals surface area contributed by atoms with Gasteiger partial charge in [-0.25, -0.2) is 17.8 Å². The Morgan fingerprint density at radius 3 is 2.31 bits per heavy atom. The summed E-state index contributed by atoms with van der Waals surface area (Å²) < 4.78 is 38.0. The third-order valence-corrected chi connectivity index (χ3v) is 6.31. The molecule has 0 saturated heterocycles. The molecule has 1 amide bonds. The molecule has 1 aromatic heterocycles. The topological polar surface area (TPSA) is 70.6 Å². The fourth-order valence-corrected chi connectivity index (χ4v) is 4.24. The van der Waals surface area contributed by atoms with Gasteiger partial charge in [0.1, 0.15) is 11.3 Å². The summed E-state index contributed by atoms with van der Waals surface area (Å²) in [6.07, 6.45) is 1.11. The van der Waals surface area contributed by atoms with E-state index in [9.17, 15) is 17.6 Å². The lowest BCUT2D eigenvalue weighted by Gasteiger charge is -2.22. The summed E-state index contributed by atoms with van der Waals surface area (Å²) >= 11 is 1.24. The lowest BCUT2D eigenvalue weighted by Crippen LogP contribution is -2.36. The highest BCUT2D eigenvalue weighted by Crippen LogP contribution is 2.31. The molecule has 0 spiro atoms. The Balaban J connectivity index is 0.00000300. The molecule has 3 aromatic rings. The van der Waals surface area contributed by atoms with Gasteiger partial charge >= 0.3 is 0 Å². The second kappa shape index (κ2) is 9.17. The van der Waals surface area contributed by atoms with Crippen molar-refractivity contribution in [1.82, 2.24) is 9.88 Å². The molecule has 0 unspecified atom stereocenters. The maximum absolute atomic E-state index is 14.0. The van der Waals surface area contributed by atoms with Crippen molar-refractivity contribution in [3.63, 3.8) is 0 Å². The van der Waals surface area contributed by atoms with Crippen molar-refractivity contribution in [2.45, 2.75) is 4.90 Å². The van der Waals surface area contributed by atoms with E-state index in [0.717, 1.165) is 6.26 Å². The number of hydrogen-bond acceptors (Lipinski definition) is 6. The highest BCUT2D eigenvalue weighted by atomic mass is 35.5. The molecular formula is C19H21ClFN3O3S2. The first kappa shape index (κ1) is 23.2. The van der Waals surface area contributed by atoms with Crippen LogP contribution in [0, 0.1) is 5.82 Å². The lowest BCUT2D eigenvalue weighted by atomic mass is 10.2. The first-order valence-corrected chi connectivity index (χ1v) is 11.2. The average Bonchev–Trinajstić information content (AvgIpc) is 3.06. The number of anilines is 1. The van der Waals surface area contributed by atoms with Gasteiger partial charge in [-0.2, -0.15) is 0 Å². The van der Waals surface area contributed by atoms with Crippen LogP contribution < -0.4 is 4.90 Å². The molecule has 0 aliphatic rings. The molecule has 0 radical (unpaired) electrons. The van der Waals surface area contributed by atoms with Crippen LogP contribution in [0.1, 0.15) is 10.4 Å². The number of hydrogen-bond donors (Lipinski definition) is 0. The molecule has 10 heteroatoms. The summed E-state index contributed by atoms with van der Waals surface area (Å²) in [5.74, 6) is -0.751. The van der Waals surface area contributed by atoms with Crippen molar-refractivity contribution in [3.8, 4) is 0 Å². The standard InChI is InChI=1S/C19H20FN3O3S2.ClH/c1-22(2)11-12-23(19-21-17-15(20)5-4-6-16(17)27-19)18(24)13-7-9-14(10-8-13)28(3,25)26;/h4-10H,11-12H2,1-3H3;1H. The number of carbonyl (C=O) groups excluding carboxylic acids is 1. The van der Waals surface area contributed by atoms with E-state index in [1.807, 2.05) is 19.0 Å². The van der Waals surface area contributed by atoms with Crippen LogP contribution in [0.2, 0.25) is 0 Å². The normalized spacial score (nSPS) is 11.5. The van der Waals surface area contributed by atoms with Gasteiger partial charge in [-0.15, -0.1) is 12.4 Å². The molecule has 6 nitrogen and oxygen atoms in total. The number of carbonyl (C=O) groups is 1. The fraction of sp³-hybridized carbons (Fsp3) is 0.263. The van der Waals surface area contributed by atoms with Gasteiger partial charge in [-0.1, -0.05) is 17.4 Å². The minimum Gasteiger partial charge on any atom is -0.308 e.